The van der Waals surface area contributed by atoms with Crippen LogP contribution in [0.1, 0.15) is 18.9 Å². The number of nitro groups is 1. The maximum Gasteiger partial charge on any atom is 0.274 e. The van der Waals surface area contributed by atoms with Crippen molar-refractivity contribution in [2.24, 2.45) is 0 Å². The SMILES string of the molecule is CCCc1cc2oc(=S)[nH]c2cc1[N+](=O)[O-]. The third-order valence-corrected chi connectivity index (χ3v) is 2.52. The first-order valence-corrected chi connectivity index (χ1v) is 5.32. The maximum atomic E-state index is 10.9. The van der Waals surface area contributed by atoms with Crippen molar-refractivity contribution >= 4 is 29.0 Å². The van der Waals surface area contributed by atoms with Gasteiger partial charge in [0.25, 0.3) is 10.5 Å². The van der Waals surface area contributed by atoms with Gasteiger partial charge in [-0.2, -0.15) is 0 Å². The molecule has 1 N–H and O–H groups in total. The molecule has 0 bridgehead atoms. The molecular formula is C10H10N2O3S. The standard InChI is InChI=1S/C10H10N2O3S/c1-2-3-6-4-9-7(11-10(16)15-9)5-8(6)12(13)14/h4-5H,2-3H2,1H3,(H,11,16). The molecule has 0 fully saturated rings. The Labute approximate surface area is 96.2 Å². The number of H-pyrrole nitrogens is 1. The molecule has 2 aromatic rings. The second-order valence-corrected chi connectivity index (χ2v) is 3.87. The molecule has 0 aliphatic carbocycles. The Morgan fingerprint density at radius 3 is 2.94 bits per heavy atom. The second kappa shape index (κ2) is 4.05. The number of aromatic nitrogens is 1. The van der Waals surface area contributed by atoms with Gasteiger partial charge in [0.1, 0.15) is 0 Å². The highest BCUT2D eigenvalue weighted by molar-refractivity contribution is 7.71. The molecule has 0 spiro atoms. The number of nitro benzene ring substituents is 1. The summed E-state index contributed by atoms with van der Waals surface area (Å²) in [5.41, 5.74) is 1.93. The van der Waals surface area contributed by atoms with Gasteiger partial charge in [0.2, 0.25) is 0 Å². The van der Waals surface area contributed by atoms with Crippen LogP contribution in [0.4, 0.5) is 5.69 Å². The third kappa shape index (κ3) is 1.83. The molecule has 84 valence electrons. The fraction of sp³-hybridized carbons (Fsp3) is 0.300. The van der Waals surface area contributed by atoms with Crippen molar-refractivity contribution in [2.45, 2.75) is 19.8 Å². The lowest BCUT2D eigenvalue weighted by molar-refractivity contribution is -0.385. The van der Waals surface area contributed by atoms with Crippen LogP contribution < -0.4 is 0 Å². The van der Waals surface area contributed by atoms with Crippen LogP contribution in [-0.2, 0) is 6.42 Å². The summed E-state index contributed by atoms with van der Waals surface area (Å²) in [7, 11) is 0. The first-order chi connectivity index (χ1) is 7.61. The van der Waals surface area contributed by atoms with E-state index >= 15 is 0 Å². The van der Waals surface area contributed by atoms with E-state index in [9.17, 15) is 10.1 Å². The van der Waals surface area contributed by atoms with Gasteiger partial charge in [0.05, 0.1) is 10.4 Å². The van der Waals surface area contributed by atoms with Crippen molar-refractivity contribution < 1.29 is 9.34 Å². The summed E-state index contributed by atoms with van der Waals surface area (Å²) in [5, 5.41) is 10.9. The second-order valence-electron chi connectivity index (χ2n) is 3.50. The molecule has 1 aromatic carbocycles. The maximum absolute atomic E-state index is 10.9. The lowest BCUT2D eigenvalue weighted by Gasteiger charge is -2.00. The van der Waals surface area contributed by atoms with E-state index < -0.39 is 0 Å². The van der Waals surface area contributed by atoms with Crippen LogP contribution >= 0.6 is 12.2 Å². The normalized spacial score (nSPS) is 10.8. The van der Waals surface area contributed by atoms with Crippen molar-refractivity contribution in [3.63, 3.8) is 0 Å². The third-order valence-electron chi connectivity index (χ3n) is 2.34. The number of rotatable bonds is 3. The predicted molar refractivity (Wildman–Crippen MR) is 62.0 cm³/mol. The summed E-state index contributed by atoms with van der Waals surface area (Å²) < 4.78 is 5.23. The molecule has 16 heavy (non-hydrogen) atoms. The molecule has 2 rings (SSSR count). The smallest absolute Gasteiger partial charge is 0.274 e. The number of nitrogens with one attached hydrogen (secondary N) is 1. The number of fused-ring (bicyclic) bond motifs is 1. The average Bonchev–Trinajstić information content (AvgIpc) is 2.56. The summed E-state index contributed by atoms with van der Waals surface area (Å²) in [5.74, 6) is 0. The topological polar surface area (TPSA) is 72.1 Å². The van der Waals surface area contributed by atoms with Gasteiger partial charge < -0.3 is 9.40 Å². The molecular weight excluding hydrogens is 228 g/mol. The zero-order chi connectivity index (χ0) is 11.7. The number of nitrogens with zero attached hydrogens (tertiary/aromatic N) is 1. The first kappa shape index (κ1) is 10.8. The quantitative estimate of drug-likeness (QED) is 0.505. The van der Waals surface area contributed by atoms with Crippen LogP contribution in [0.5, 0.6) is 0 Å². The average molecular weight is 238 g/mol. The Bertz CT molecular complexity index is 600. The monoisotopic (exact) mass is 238 g/mol. The Balaban J connectivity index is 2.69. The predicted octanol–water partition coefficient (Wildman–Crippen LogP) is 3.35. The van der Waals surface area contributed by atoms with E-state index in [1.54, 1.807) is 6.07 Å². The highest BCUT2D eigenvalue weighted by Crippen LogP contribution is 2.26. The molecule has 0 amide bonds. The Hall–Kier alpha value is -1.69. The van der Waals surface area contributed by atoms with Gasteiger partial charge in [-0.3, -0.25) is 10.1 Å². The van der Waals surface area contributed by atoms with Crippen molar-refractivity contribution in [3.05, 3.63) is 32.6 Å². The Morgan fingerprint density at radius 2 is 2.31 bits per heavy atom. The Morgan fingerprint density at radius 1 is 1.56 bits per heavy atom. The van der Waals surface area contributed by atoms with E-state index in [2.05, 4.69) is 4.98 Å². The van der Waals surface area contributed by atoms with Crippen LogP contribution in [0.25, 0.3) is 11.1 Å². The van der Waals surface area contributed by atoms with Gasteiger partial charge >= 0.3 is 0 Å². The number of hydrogen-bond acceptors (Lipinski definition) is 4. The van der Waals surface area contributed by atoms with Crippen LogP contribution in [0.3, 0.4) is 0 Å². The minimum Gasteiger partial charge on any atom is -0.429 e. The van der Waals surface area contributed by atoms with E-state index in [0.717, 1.165) is 6.42 Å². The molecule has 0 aliphatic heterocycles. The van der Waals surface area contributed by atoms with Gasteiger partial charge in [0, 0.05) is 11.6 Å². The van der Waals surface area contributed by atoms with Crippen LogP contribution in [-0.4, -0.2) is 9.91 Å². The van der Waals surface area contributed by atoms with Crippen LogP contribution in [0.2, 0.25) is 0 Å². The Kier molecular flexibility index (Phi) is 2.74. The van der Waals surface area contributed by atoms with Crippen LogP contribution in [0.15, 0.2) is 16.5 Å². The van der Waals surface area contributed by atoms with E-state index in [0.29, 0.717) is 23.1 Å². The summed E-state index contributed by atoms with van der Waals surface area (Å²) in [4.78, 5) is 13.5. The first-order valence-electron chi connectivity index (χ1n) is 4.92. The number of benzene rings is 1. The summed E-state index contributed by atoms with van der Waals surface area (Å²) in [6, 6.07) is 3.16. The van der Waals surface area contributed by atoms with Crippen molar-refractivity contribution in [3.8, 4) is 0 Å². The van der Waals surface area contributed by atoms with E-state index in [1.807, 2.05) is 6.92 Å². The molecule has 1 heterocycles. The number of aryl methyl sites for hydroxylation is 1. The van der Waals surface area contributed by atoms with Gasteiger partial charge in [-0.1, -0.05) is 13.3 Å². The fourth-order valence-electron chi connectivity index (χ4n) is 1.67. The highest BCUT2D eigenvalue weighted by Gasteiger charge is 2.16. The molecule has 0 saturated carbocycles. The number of aromatic amines is 1. The molecule has 0 radical (unpaired) electrons. The van der Waals surface area contributed by atoms with Crippen molar-refractivity contribution in [2.75, 3.05) is 0 Å². The summed E-state index contributed by atoms with van der Waals surface area (Å²) >= 11 is 4.84. The summed E-state index contributed by atoms with van der Waals surface area (Å²) in [6.07, 6.45) is 1.50. The molecule has 0 saturated heterocycles. The van der Waals surface area contributed by atoms with E-state index in [1.165, 1.54) is 6.07 Å². The molecule has 0 atom stereocenters. The number of hydrogen-bond donors (Lipinski definition) is 1. The molecule has 6 heteroatoms. The molecule has 0 aliphatic rings. The highest BCUT2D eigenvalue weighted by atomic mass is 32.1. The minimum absolute atomic E-state index is 0.112. The van der Waals surface area contributed by atoms with Crippen molar-refractivity contribution in [1.29, 1.82) is 0 Å². The zero-order valence-corrected chi connectivity index (χ0v) is 9.47. The molecule has 5 nitrogen and oxygen atoms in total. The van der Waals surface area contributed by atoms with Crippen LogP contribution in [0, 0.1) is 15.0 Å². The summed E-state index contributed by atoms with van der Waals surface area (Å²) in [6.45, 7) is 1.97. The van der Waals surface area contributed by atoms with Crippen molar-refractivity contribution in [1.82, 2.24) is 4.98 Å². The lowest BCUT2D eigenvalue weighted by Crippen LogP contribution is -1.95. The van der Waals surface area contributed by atoms with E-state index in [-0.39, 0.29) is 15.4 Å². The zero-order valence-electron chi connectivity index (χ0n) is 8.65. The van der Waals surface area contributed by atoms with Gasteiger partial charge in [-0.15, -0.1) is 0 Å². The van der Waals surface area contributed by atoms with Gasteiger partial charge in [0.15, 0.2) is 5.58 Å². The molecule has 1 aromatic heterocycles. The van der Waals surface area contributed by atoms with Gasteiger partial charge in [-0.25, -0.2) is 0 Å². The fourth-order valence-corrected chi connectivity index (χ4v) is 1.87. The lowest BCUT2D eigenvalue weighted by atomic mass is 10.1. The minimum atomic E-state index is -0.381. The largest absolute Gasteiger partial charge is 0.429 e. The van der Waals surface area contributed by atoms with Gasteiger partial charge in [-0.05, 0) is 24.7 Å². The van der Waals surface area contributed by atoms with E-state index in [4.69, 9.17) is 16.6 Å². The number of oxazole rings is 1. The molecule has 0 unspecified atom stereocenters.